The predicted octanol–water partition coefficient (Wildman–Crippen LogP) is 2.97. The molecule has 0 bridgehead atoms. The second kappa shape index (κ2) is 8.20. The van der Waals surface area contributed by atoms with Crippen LogP contribution in [0, 0.1) is 15.9 Å². The van der Waals surface area contributed by atoms with E-state index in [0.29, 0.717) is 0 Å². The van der Waals surface area contributed by atoms with E-state index in [4.69, 9.17) is 16.3 Å². The first-order chi connectivity index (χ1) is 11.9. The molecule has 0 aliphatic heterocycles. The molecule has 2 aromatic rings. The molecule has 0 fully saturated rings. The molecule has 2 aromatic carbocycles. The molecule has 1 N–H and O–H groups in total. The summed E-state index contributed by atoms with van der Waals surface area (Å²) < 4.78 is 18.3. The average Bonchev–Trinajstić information content (AvgIpc) is 2.58. The van der Waals surface area contributed by atoms with Crippen molar-refractivity contribution in [2.24, 2.45) is 0 Å². The van der Waals surface area contributed by atoms with Crippen LogP contribution in [-0.2, 0) is 4.74 Å². The highest BCUT2D eigenvalue weighted by atomic mass is 35.5. The zero-order valence-corrected chi connectivity index (χ0v) is 13.5. The highest BCUT2D eigenvalue weighted by molar-refractivity contribution is 6.34. The number of rotatable bonds is 6. The topological polar surface area (TPSA) is 98.5 Å². The number of ether oxygens (including phenoxy) is 1. The number of carbonyl (C=O) groups excluding carboxylic acids is 2. The van der Waals surface area contributed by atoms with Crippen LogP contribution in [0.25, 0.3) is 0 Å². The molecule has 0 heterocycles. The van der Waals surface area contributed by atoms with Crippen molar-refractivity contribution >= 4 is 29.2 Å². The molecule has 0 aliphatic rings. The van der Waals surface area contributed by atoms with Gasteiger partial charge < -0.3 is 10.1 Å². The quantitative estimate of drug-likeness (QED) is 0.367. The number of halogens is 2. The van der Waals surface area contributed by atoms with E-state index in [1.165, 1.54) is 24.3 Å². The maximum absolute atomic E-state index is 13.4. The molecule has 0 spiro atoms. The number of nitro groups is 1. The van der Waals surface area contributed by atoms with Gasteiger partial charge in [0.1, 0.15) is 12.4 Å². The summed E-state index contributed by atoms with van der Waals surface area (Å²) in [4.78, 5) is 33.6. The molecule has 0 saturated heterocycles. The predicted molar refractivity (Wildman–Crippen MR) is 87.1 cm³/mol. The lowest BCUT2D eigenvalue weighted by atomic mass is 10.2. The molecule has 0 atom stereocenters. The Kier molecular flexibility index (Phi) is 6.02. The van der Waals surface area contributed by atoms with Crippen molar-refractivity contribution in [3.63, 3.8) is 0 Å². The second-order valence-corrected chi connectivity index (χ2v) is 5.20. The standard InChI is InChI=1S/C16H12ClFN2O5/c17-13-9-10(20(23)24)5-6-11(13)15(21)19-7-8-25-16(22)12-3-1-2-4-14(12)18/h1-6,9H,7-8H2,(H,19,21). The van der Waals surface area contributed by atoms with Crippen LogP contribution in [0.2, 0.25) is 5.02 Å². The number of carbonyl (C=O) groups is 2. The van der Waals surface area contributed by atoms with E-state index in [-0.39, 0.29) is 35.0 Å². The summed E-state index contributed by atoms with van der Waals surface area (Å²) in [6, 6.07) is 8.80. The number of nitrogens with one attached hydrogen (secondary N) is 1. The van der Waals surface area contributed by atoms with Gasteiger partial charge in [-0.05, 0) is 18.2 Å². The minimum absolute atomic E-state index is 0.0354. The van der Waals surface area contributed by atoms with Crippen LogP contribution in [0.3, 0.4) is 0 Å². The van der Waals surface area contributed by atoms with E-state index >= 15 is 0 Å². The van der Waals surface area contributed by atoms with Crippen LogP contribution >= 0.6 is 11.6 Å². The van der Waals surface area contributed by atoms with Gasteiger partial charge in [0, 0.05) is 12.1 Å². The lowest BCUT2D eigenvalue weighted by Gasteiger charge is -2.08. The zero-order valence-electron chi connectivity index (χ0n) is 12.7. The van der Waals surface area contributed by atoms with E-state index < -0.39 is 22.6 Å². The Morgan fingerprint density at radius 2 is 1.92 bits per heavy atom. The van der Waals surface area contributed by atoms with Crippen LogP contribution in [0.4, 0.5) is 10.1 Å². The molecule has 0 aliphatic carbocycles. The van der Waals surface area contributed by atoms with Gasteiger partial charge in [-0.1, -0.05) is 23.7 Å². The molecule has 1 amide bonds. The van der Waals surface area contributed by atoms with Crippen LogP contribution in [-0.4, -0.2) is 30.0 Å². The largest absolute Gasteiger partial charge is 0.460 e. The van der Waals surface area contributed by atoms with Gasteiger partial charge in [-0.25, -0.2) is 9.18 Å². The lowest BCUT2D eigenvalue weighted by Crippen LogP contribution is -2.28. The number of hydrogen-bond acceptors (Lipinski definition) is 5. The van der Waals surface area contributed by atoms with Gasteiger partial charge in [0.05, 0.1) is 27.6 Å². The molecule has 0 radical (unpaired) electrons. The number of benzene rings is 2. The first-order valence-corrected chi connectivity index (χ1v) is 7.41. The van der Waals surface area contributed by atoms with Crippen molar-refractivity contribution in [3.05, 3.63) is 74.5 Å². The van der Waals surface area contributed by atoms with Crippen LogP contribution in [0.1, 0.15) is 20.7 Å². The van der Waals surface area contributed by atoms with Crippen molar-refractivity contribution in [2.45, 2.75) is 0 Å². The monoisotopic (exact) mass is 366 g/mol. The number of nitro benzene ring substituents is 1. The SMILES string of the molecule is O=C(OCCNC(=O)c1ccc([N+](=O)[O-])cc1Cl)c1ccccc1F. The number of nitrogens with zero attached hydrogens (tertiary/aromatic N) is 1. The molecule has 0 saturated carbocycles. The second-order valence-electron chi connectivity index (χ2n) is 4.79. The fraction of sp³-hybridized carbons (Fsp3) is 0.125. The van der Waals surface area contributed by atoms with Gasteiger partial charge in [0.25, 0.3) is 11.6 Å². The molecular formula is C16H12ClFN2O5. The van der Waals surface area contributed by atoms with E-state index in [1.54, 1.807) is 0 Å². The summed E-state index contributed by atoms with van der Waals surface area (Å²) in [5.74, 6) is -2.13. The van der Waals surface area contributed by atoms with Gasteiger partial charge in [-0.15, -0.1) is 0 Å². The third kappa shape index (κ3) is 4.74. The Bertz CT molecular complexity index is 828. The Morgan fingerprint density at radius 3 is 2.56 bits per heavy atom. The first kappa shape index (κ1) is 18.3. The van der Waals surface area contributed by atoms with Crippen molar-refractivity contribution in [1.29, 1.82) is 0 Å². The Labute approximate surface area is 146 Å². The molecule has 2 rings (SSSR count). The third-order valence-corrected chi connectivity index (χ3v) is 3.44. The molecule has 0 aromatic heterocycles. The summed E-state index contributed by atoms with van der Waals surface area (Å²) in [6.07, 6.45) is 0. The Morgan fingerprint density at radius 1 is 1.20 bits per heavy atom. The first-order valence-electron chi connectivity index (χ1n) is 7.04. The molecular weight excluding hydrogens is 355 g/mol. The average molecular weight is 367 g/mol. The number of hydrogen-bond donors (Lipinski definition) is 1. The summed E-state index contributed by atoms with van der Waals surface area (Å²) in [6.45, 7) is -0.212. The van der Waals surface area contributed by atoms with Gasteiger partial charge in [-0.3, -0.25) is 14.9 Å². The van der Waals surface area contributed by atoms with Gasteiger partial charge >= 0.3 is 5.97 Å². The summed E-state index contributed by atoms with van der Waals surface area (Å²) in [7, 11) is 0. The van der Waals surface area contributed by atoms with Crippen molar-refractivity contribution in [3.8, 4) is 0 Å². The van der Waals surface area contributed by atoms with Crippen LogP contribution in [0.15, 0.2) is 42.5 Å². The number of esters is 1. The van der Waals surface area contributed by atoms with Gasteiger partial charge in [-0.2, -0.15) is 0 Å². The van der Waals surface area contributed by atoms with Crippen molar-refractivity contribution in [1.82, 2.24) is 5.32 Å². The maximum atomic E-state index is 13.4. The minimum Gasteiger partial charge on any atom is -0.460 e. The van der Waals surface area contributed by atoms with E-state index in [0.717, 1.165) is 18.2 Å². The highest BCUT2D eigenvalue weighted by Gasteiger charge is 2.15. The fourth-order valence-electron chi connectivity index (χ4n) is 1.91. The number of amides is 1. The molecule has 25 heavy (non-hydrogen) atoms. The fourth-order valence-corrected chi connectivity index (χ4v) is 2.17. The van der Waals surface area contributed by atoms with Crippen molar-refractivity contribution < 1.29 is 23.6 Å². The normalized spacial score (nSPS) is 10.2. The highest BCUT2D eigenvalue weighted by Crippen LogP contribution is 2.22. The Balaban J connectivity index is 1.86. The molecule has 130 valence electrons. The van der Waals surface area contributed by atoms with Gasteiger partial charge in [0.2, 0.25) is 0 Å². The van der Waals surface area contributed by atoms with E-state index in [2.05, 4.69) is 5.32 Å². The Hall–Kier alpha value is -3.00. The molecule has 9 heteroatoms. The summed E-state index contributed by atoms with van der Waals surface area (Å²) in [5, 5.41) is 13.0. The summed E-state index contributed by atoms with van der Waals surface area (Å²) >= 11 is 5.84. The van der Waals surface area contributed by atoms with E-state index in [9.17, 15) is 24.1 Å². The lowest BCUT2D eigenvalue weighted by molar-refractivity contribution is -0.384. The van der Waals surface area contributed by atoms with Crippen molar-refractivity contribution in [2.75, 3.05) is 13.2 Å². The van der Waals surface area contributed by atoms with Crippen LogP contribution in [0.5, 0.6) is 0 Å². The zero-order chi connectivity index (χ0) is 18.4. The maximum Gasteiger partial charge on any atom is 0.341 e. The molecule has 0 unspecified atom stereocenters. The summed E-state index contributed by atoms with van der Waals surface area (Å²) in [5.41, 5.74) is -0.389. The minimum atomic E-state index is -0.847. The molecule has 7 nitrogen and oxygen atoms in total. The third-order valence-electron chi connectivity index (χ3n) is 3.12. The van der Waals surface area contributed by atoms with Gasteiger partial charge in [0.15, 0.2) is 0 Å². The smallest absolute Gasteiger partial charge is 0.341 e. The van der Waals surface area contributed by atoms with Crippen LogP contribution < -0.4 is 5.32 Å². The van der Waals surface area contributed by atoms with E-state index in [1.807, 2.05) is 0 Å². The number of non-ortho nitro benzene ring substituents is 1.